The van der Waals surface area contributed by atoms with Gasteiger partial charge in [-0.15, -0.1) is 0 Å². The van der Waals surface area contributed by atoms with Gasteiger partial charge in [0.2, 0.25) is 5.91 Å². The number of carbonyl (C=O) groups excluding carboxylic acids is 1. The van der Waals surface area contributed by atoms with Crippen molar-refractivity contribution in [2.45, 2.75) is 26.2 Å². The highest BCUT2D eigenvalue weighted by Crippen LogP contribution is 2.47. The predicted octanol–water partition coefficient (Wildman–Crippen LogP) is 3.10. The van der Waals surface area contributed by atoms with Gasteiger partial charge in [-0.05, 0) is 38.5 Å². The maximum Gasteiger partial charge on any atom is 0.237 e. The number of ether oxygens (including phenoxy) is 1. The van der Waals surface area contributed by atoms with Crippen molar-refractivity contribution in [1.82, 2.24) is 0 Å². The van der Waals surface area contributed by atoms with Gasteiger partial charge in [0.25, 0.3) is 0 Å². The molecule has 0 saturated carbocycles. The molecule has 1 aliphatic heterocycles. The molecule has 0 fully saturated rings. The van der Waals surface area contributed by atoms with Crippen LogP contribution in [0.3, 0.4) is 0 Å². The lowest BCUT2D eigenvalue weighted by atomic mass is 9.86. The van der Waals surface area contributed by atoms with Gasteiger partial charge in [-0.3, -0.25) is 4.79 Å². The van der Waals surface area contributed by atoms with E-state index in [0.29, 0.717) is 6.54 Å². The number of amides is 1. The number of carbonyl (C=O) groups is 1. The van der Waals surface area contributed by atoms with Crippen molar-refractivity contribution in [2.75, 3.05) is 18.6 Å². The van der Waals surface area contributed by atoms with Crippen molar-refractivity contribution >= 4 is 27.5 Å². The van der Waals surface area contributed by atoms with Gasteiger partial charge >= 0.3 is 0 Å². The summed E-state index contributed by atoms with van der Waals surface area (Å²) in [6.07, 6.45) is 0. The first-order chi connectivity index (χ1) is 7.93. The molecule has 3 nitrogen and oxygen atoms in total. The molecule has 1 aromatic carbocycles. The maximum absolute atomic E-state index is 12.3. The Bertz CT molecular complexity index is 483. The molecule has 0 aromatic heterocycles. The molecule has 4 heteroatoms. The first-order valence-corrected chi connectivity index (χ1v) is 6.42. The fourth-order valence-corrected chi connectivity index (χ4v) is 2.78. The normalized spacial score (nSPS) is 17.2. The Balaban J connectivity index is 2.74. The number of halogens is 1. The lowest BCUT2D eigenvalue weighted by Gasteiger charge is -2.19. The third-order valence-electron chi connectivity index (χ3n) is 3.30. The topological polar surface area (TPSA) is 29.5 Å². The van der Waals surface area contributed by atoms with Crippen LogP contribution >= 0.6 is 15.9 Å². The van der Waals surface area contributed by atoms with Gasteiger partial charge < -0.3 is 9.64 Å². The number of anilines is 1. The third-order valence-corrected chi connectivity index (χ3v) is 3.76. The van der Waals surface area contributed by atoms with Crippen LogP contribution in [0.4, 0.5) is 5.69 Å². The average Bonchev–Trinajstić information content (AvgIpc) is 2.48. The SMILES string of the molecule is CCN1C(=O)C(C)(C)c2cc(Br)cc(OC)c21. The molecule has 92 valence electrons. The molecular formula is C13H16BrNO2. The van der Waals surface area contributed by atoms with Crippen molar-refractivity contribution in [2.24, 2.45) is 0 Å². The van der Waals surface area contributed by atoms with Crippen LogP contribution in [0.15, 0.2) is 16.6 Å². The lowest BCUT2D eigenvalue weighted by Crippen LogP contribution is -2.35. The van der Waals surface area contributed by atoms with Crippen LogP contribution in [0, 0.1) is 0 Å². The molecule has 0 bridgehead atoms. The monoisotopic (exact) mass is 297 g/mol. The quantitative estimate of drug-likeness (QED) is 0.839. The van der Waals surface area contributed by atoms with Gasteiger partial charge in [0.1, 0.15) is 5.75 Å². The standard InChI is InChI=1S/C13H16BrNO2/c1-5-15-11-9(13(2,3)12(15)16)6-8(14)7-10(11)17-4/h6-7H,5H2,1-4H3. The molecule has 0 saturated heterocycles. The molecule has 17 heavy (non-hydrogen) atoms. The number of likely N-dealkylation sites (N-methyl/N-ethyl adjacent to an activating group) is 1. The summed E-state index contributed by atoms with van der Waals surface area (Å²) in [5.41, 5.74) is 1.45. The minimum atomic E-state index is -0.484. The zero-order valence-corrected chi connectivity index (χ0v) is 12.1. The third kappa shape index (κ3) is 1.66. The summed E-state index contributed by atoms with van der Waals surface area (Å²) < 4.78 is 6.32. The minimum absolute atomic E-state index is 0.131. The molecular weight excluding hydrogens is 282 g/mol. The van der Waals surface area contributed by atoms with Crippen LogP contribution in [-0.4, -0.2) is 19.6 Å². The zero-order chi connectivity index (χ0) is 12.8. The Morgan fingerprint density at radius 3 is 2.59 bits per heavy atom. The summed E-state index contributed by atoms with van der Waals surface area (Å²) in [5.74, 6) is 0.876. The number of fused-ring (bicyclic) bond motifs is 1. The van der Waals surface area contributed by atoms with Crippen molar-refractivity contribution in [1.29, 1.82) is 0 Å². The zero-order valence-electron chi connectivity index (χ0n) is 10.5. The second-order valence-electron chi connectivity index (χ2n) is 4.68. The van der Waals surface area contributed by atoms with Gasteiger partial charge in [0, 0.05) is 11.0 Å². The van der Waals surface area contributed by atoms with E-state index in [9.17, 15) is 4.79 Å². The second kappa shape index (κ2) is 4.02. The Hall–Kier alpha value is -1.03. The first-order valence-electron chi connectivity index (χ1n) is 5.63. The first kappa shape index (κ1) is 12.4. The summed E-state index contributed by atoms with van der Waals surface area (Å²) >= 11 is 3.46. The van der Waals surface area contributed by atoms with Crippen LogP contribution in [0.5, 0.6) is 5.75 Å². The Kier molecular flexibility index (Phi) is 2.94. The van der Waals surface area contributed by atoms with E-state index in [4.69, 9.17) is 4.74 Å². The van der Waals surface area contributed by atoms with Crippen LogP contribution in [-0.2, 0) is 10.2 Å². The molecule has 0 atom stereocenters. The maximum atomic E-state index is 12.3. The highest BCUT2D eigenvalue weighted by atomic mass is 79.9. The van der Waals surface area contributed by atoms with Gasteiger partial charge in [0.05, 0.1) is 18.2 Å². The highest BCUT2D eigenvalue weighted by molar-refractivity contribution is 9.10. The molecule has 1 amide bonds. The molecule has 0 N–H and O–H groups in total. The number of hydrogen-bond acceptors (Lipinski definition) is 2. The molecule has 0 spiro atoms. The molecule has 0 unspecified atom stereocenters. The molecule has 0 aliphatic carbocycles. The van der Waals surface area contributed by atoms with E-state index in [1.807, 2.05) is 32.9 Å². The van der Waals surface area contributed by atoms with E-state index in [1.54, 1.807) is 12.0 Å². The van der Waals surface area contributed by atoms with E-state index >= 15 is 0 Å². The fourth-order valence-electron chi connectivity index (χ4n) is 2.34. The largest absolute Gasteiger partial charge is 0.495 e. The summed E-state index contributed by atoms with van der Waals surface area (Å²) in [6, 6.07) is 3.90. The molecule has 2 rings (SSSR count). The van der Waals surface area contributed by atoms with Crippen LogP contribution in [0.2, 0.25) is 0 Å². The smallest absolute Gasteiger partial charge is 0.237 e. The van der Waals surface area contributed by atoms with E-state index in [2.05, 4.69) is 15.9 Å². The van der Waals surface area contributed by atoms with E-state index < -0.39 is 5.41 Å². The minimum Gasteiger partial charge on any atom is -0.495 e. The van der Waals surface area contributed by atoms with Gasteiger partial charge in [-0.1, -0.05) is 15.9 Å². The average molecular weight is 298 g/mol. The van der Waals surface area contributed by atoms with Gasteiger partial charge in [0.15, 0.2) is 0 Å². The second-order valence-corrected chi connectivity index (χ2v) is 5.59. The predicted molar refractivity (Wildman–Crippen MR) is 71.7 cm³/mol. The van der Waals surface area contributed by atoms with Gasteiger partial charge in [-0.25, -0.2) is 0 Å². The van der Waals surface area contributed by atoms with Crippen molar-refractivity contribution < 1.29 is 9.53 Å². The number of methoxy groups -OCH3 is 1. The lowest BCUT2D eigenvalue weighted by molar-refractivity contribution is -0.122. The molecule has 1 heterocycles. The number of benzene rings is 1. The van der Waals surface area contributed by atoms with Crippen molar-refractivity contribution in [3.63, 3.8) is 0 Å². The molecule has 1 aliphatic rings. The van der Waals surface area contributed by atoms with Crippen LogP contribution in [0.25, 0.3) is 0 Å². The Labute approximate surface area is 110 Å². The highest BCUT2D eigenvalue weighted by Gasteiger charge is 2.45. The number of nitrogens with zero attached hydrogens (tertiary/aromatic N) is 1. The van der Waals surface area contributed by atoms with Crippen molar-refractivity contribution in [3.8, 4) is 5.75 Å². The Morgan fingerprint density at radius 2 is 2.06 bits per heavy atom. The van der Waals surface area contributed by atoms with Crippen LogP contribution in [0.1, 0.15) is 26.3 Å². The number of rotatable bonds is 2. The summed E-state index contributed by atoms with van der Waals surface area (Å²) in [6.45, 7) is 6.54. The number of hydrogen-bond donors (Lipinski definition) is 0. The van der Waals surface area contributed by atoms with E-state index in [0.717, 1.165) is 21.5 Å². The van der Waals surface area contributed by atoms with E-state index in [1.165, 1.54) is 0 Å². The Morgan fingerprint density at radius 1 is 1.41 bits per heavy atom. The van der Waals surface area contributed by atoms with E-state index in [-0.39, 0.29) is 5.91 Å². The van der Waals surface area contributed by atoms with Crippen molar-refractivity contribution in [3.05, 3.63) is 22.2 Å². The summed E-state index contributed by atoms with van der Waals surface area (Å²) in [4.78, 5) is 14.1. The fraction of sp³-hybridized carbons (Fsp3) is 0.462. The summed E-state index contributed by atoms with van der Waals surface area (Å²) in [7, 11) is 1.63. The summed E-state index contributed by atoms with van der Waals surface area (Å²) in [5, 5.41) is 0. The molecule has 1 aromatic rings. The van der Waals surface area contributed by atoms with Crippen LogP contribution < -0.4 is 9.64 Å². The van der Waals surface area contributed by atoms with Gasteiger partial charge in [-0.2, -0.15) is 0 Å². The molecule has 0 radical (unpaired) electrons.